The molecule has 1 aromatic carbocycles. The topological polar surface area (TPSA) is 58.4 Å². The Labute approximate surface area is 125 Å². The average molecular weight is 293 g/mol. The van der Waals surface area contributed by atoms with E-state index in [4.69, 9.17) is 5.73 Å². The van der Waals surface area contributed by atoms with Gasteiger partial charge in [0.25, 0.3) is 0 Å². The van der Waals surface area contributed by atoms with Crippen LogP contribution in [0.3, 0.4) is 0 Å². The van der Waals surface area contributed by atoms with Gasteiger partial charge in [0.05, 0.1) is 5.69 Å². The summed E-state index contributed by atoms with van der Waals surface area (Å²) in [6.07, 6.45) is 3.82. The summed E-state index contributed by atoms with van der Waals surface area (Å²) < 4.78 is 13.4. The molecule has 116 valence electrons. The lowest BCUT2D eigenvalue weighted by molar-refractivity contribution is -0.116. The zero-order valence-electron chi connectivity index (χ0n) is 12.4. The fraction of sp³-hybridized carbons (Fsp3) is 0.562. The number of hydrogen-bond donors (Lipinski definition) is 2. The molecule has 4 nitrogen and oxygen atoms in total. The smallest absolute Gasteiger partial charge is 0.225 e. The van der Waals surface area contributed by atoms with Crippen LogP contribution in [0.5, 0.6) is 0 Å². The number of carbonyl (C=O) groups is 1. The summed E-state index contributed by atoms with van der Waals surface area (Å²) in [6, 6.07) is 6.24. The molecular weight excluding hydrogens is 269 g/mol. The number of halogens is 1. The molecule has 1 amide bonds. The third kappa shape index (κ3) is 5.10. The Bertz CT molecular complexity index is 459. The number of carbonyl (C=O) groups excluding carboxylic acids is 1. The molecule has 0 bridgehead atoms. The van der Waals surface area contributed by atoms with Crippen LogP contribution in [0.2, 0.25) is 0 Å². The molecule has 5 heteroatoms. The van der Waals surface area contributed by atoms with E-state index in [9.17, 15) is 9.18 Å². The first-order chi connectivity index (χ1) is 10.2. The van der Waals surface area contributed by atoms with Crippen LogP contribution < -0.4 is 11.1 Å². The highest BCUT2D eigenvalue weighted by Crippen LogP contribution is 2.20. The van der Waals surface area contributed by atoms with Crippen LogP contribution in [0.4, 0.5) is 10.1 Å². The number of hydrogen-bond acceptors (Lipinski definition) is 3. The minimum Gasteiger partial charge on any atom is -0.330 e. The zero-order chi connectivity index (χ0) is 15.1. The molecule has 1 heterocycles. The molecule has 0 unspecified atom stereocenters. The van der Waals surface area contributed by atoms with Gasteiger partial charge in [-0.2, -0.15) is 0 Å². The van der Waals surface area contributed by atoms with Crippen molar-refractivity contribution < 1.29 is 9.18 Å². The number of anilines is 1. The van der Waals surface area contributed by atoms with Crippen LogP contribution >= 0.6 is 0 Å². The lowest BCUT2D eigenvalue weighted by atomic mass is 9.93. The molecule has 0 spiro atoms. The number of nitrogens with two attached hydrogens (primary N) is 1. The summed E-state index contributed by atoms with van der Waals surface area (Å²) in [4.78, 5) is 14.2. The van der Waals surface area contributed by atoms with Crippen molar-refractivity contribution in [3.8, 4) is 0 Å². The monoisotopic (exact) mass is 293 g/mol. The molecule has 1 aliphatic heterocycles. The molecule has 0 aliphatic carbocycles. The molecule has 1 aliphatic rings. The van der Waals surface area contributed by atoms with Crippen molar-refractivity contribution in [3.63, 3.8) is 0 Å². The molecular formula is C16H24FN3O. The maximum absolute atomic E-state index is 13.4. The van der Waals surface area contributed by atoms with Gasteiger partial charge in [-0.3, -0.25) is 4.79 Å². The zero-order valence-corrected chi connectivity index (χ0v) is 12.4. The Hall–Kier alpha value is -1.46. The predicted molar refractivity (Wildman–Crippen MR) is 82.5 cm³/mol. The molecule has 2 rings (SSSR count). The molecule has 1 aromatic rings. The molecule has 0 saturated carbocycles. The van der Waals surface area contributed by atoms with E-state index in [-0.39, 0.29) is 11.6 Å². The number of likely N-dealkylation sites (tertiary alicyclic amines) is 1. The third-order valence-corrected chi connectivity index (χ3v) is 4.09. The first kappa shape index (κ1) is 15.9. The second-order valence-corrected chi connectivity index (χ2v) is 5.64. The highest BCUT2D eigenvalue weighted by molar-refractivity contribution is 5.90. The van der Waals surface area contributed by atoms with E-state index >= 15 is 0 Å². The van der Waals surface area contributed by atoms with Crippen LogP contribution in [0.1, 0.15) is 25.7 Å². The summed E-state index contributed by atoms with van der Waals surface area (Å²) in [7, 11) is 0. The van der Waals surface area contributed by atoms with E-state index < -0.39 is 5.82 Å². The van der Waals surface area contributed by atoms with Gasteiger partial charge >= 0.3 is 0 Å². The van der Waals surface area contributed by atoms with Crippen LogP contribution in [0.15, 0.2) is 24.3 Å². The van der Waals surface area contributed by atoms with Gasteiger partial charge < -0.3 is 16.0 Å². The third-order valence-electron chi connectivity index (χ3n) is 4.09. The van der Waals surface area contributed by atoms with Crippen molar-refractivity contribution in [1.29, 1.82) is 0 Å². The number of piperidine rings is 1. The van der Waals surface area contributed by atoms with E-state index in [1.165, 1.54) is 6.07 Å². The number of nitrogens with zero attached hydrogens (tertiary/aromatic N) is 1. The standard InChI is InChI=1S/C16H24FN3O/c17-14-3-1-2-4-15(14)19-16(21)8-12-20-10-6-13(5-9-18)7-11-20/h1-4,13H,5-12,18H2,(H,19,21). The van der Waals surface area contributed by atoms with Crippen molar-refractivity contribution in [2.24, 2.45) is 11.7 Å². The first-order valence-electron chi connectivity index (χ1n) is 7.66. The van der Waals surface area contributed by atoms with Crippen molar-refractivity contribution >= 4 is 11.6 Å². The Morgan fingerprint density at radius 2 is 2.05 bits per heavy atom. The van der Waals surface area contributed by atoms with Gasteiger partial charge in [0, 0.05) is 13.0 Å². The van der Waals surface area contributed by atoms with Crippen molar-refractivity contribution in [3.05, 3.63) is 30.1 Å². The summed E-state index contributed by atoms with van der Waals surface area (Å²) in [5.41, 5.74) is 5.83. The van der Waals surface area contributed by atoms with E-state index in [1.807, 2.05) is 0 Å². The maximum atomic E-state index is 13.4. The number of rotatable bonds is 6. The van der Waals surface area contributed by atoms with Gasteiger partial charge in [-0.1, -0.05) is 12.1 Å². The van der Waals surface area contributed by atoms with Crippen LogP contribution in [0, 0.1) is 11.7 Å². The number of nitrogens with one attached hydrogen (secondary N) is 1. The Morgan fingerprint density at radius 3 is 2.71 bits per heavy atom. The Balaban J connectivity index is 1.69. The van der Waals surface area contributed by atoms with Crippen molar-refractivity contribution in [1.82, 2.24) is 4.90 Å². The highest BCUT2D eigenvalue weighted by Gasteiger charge is 2.19. The Kier molecular flexibility index (Phi) is 6.14. The molecule has 1 fully saturated rings. The van der Waals surface area contributed by atoms with Gasteiger partial charge in [0.2, 0.25) is 5.91 Å². The highest BCUT2D eigenvalue weighted by atomic mass is 19.1. The summed E-state index contributed by atoms with van der Waals surface area (Å²) in [5.74, 6) is 0.205. The summed E-state index contributed by atoms with van der Waals surface area (Å²) in [5, 5.41) is 2.62. The normalized spacial score (nSPS) is 16.9. The van der Waals surface area contributed by atoms with E-state index in [0.717, 1.165) is 51.4 Å². The molecule has 21 heavy (non-hydrogen) atoms. The Morgan fingerprint density at radius 1 is 1.33 bits per heavy atom. The van der Waals surface area contributed by atoms with Crippen LogP contribution in [0.25, 0.3) is 0 Å². The van der Waals surface area contributed by atoms with Gasteiger partial charge in [-0.15, -0.1) is 0 Å². The van der Waals surface area contributed by atoms with E-state index in [0.29, 0.717) is 6.42 Å². The number of para-hydroxylation sites is 1. The predicted octanol–water partition coefficient (Wildman–Crippen LogP) is 2.22. The second-order valence-electron chi connectivity index (χ2n) is 5.64. The fourth-order valence-corrected chi connectivity index (χ4v) is 2.77. The fourth-order valence-electron chi connectivity index (χ4n) is 2.77. The molecule has 3 N–H and O–H groups in total. The largest absolute Gasteiger partial charge is 0.330 e. The van der Waals surface area contributed by atoms with Crippen molar-refractivity contribution in [2.45, 2.75) is 25.7 Å². The number of benzene rings is 1. The van der Waals surface area contributed by atoms with E-state index in [1.54, 1.807) is 18.2 Å². The average Bonchev–Trinajstić information content (AvgIpc) is 2.49. The minimum absolute atomic E-state index is 0.135. The summed E-state index contributed by atoms with van der Waals surface area (Å²) in [6.45, 7) is 3.54. The van der Waals surface area contributed by atoms with E-state index in [2.05, 4.69) is 10.2 Å². The summed E-state index contributed by atoms with van der Waals surface area (Å²) >= 11 is 0. The van der Waals surface area contributed by atoms with Gasteiger partial charge in [-0.25, -0.2) is 4.39 Å². The van der Waals surface area contributed by atoms with Crippen LogP contribution in [-0.2, 0) is 4.79 Å². The van der Waals surface area contributed by atoms with Gasteiger partial charge in [-0.05, 0) is 56.9 Å². The van der Waals surface area contributed by atoms with Crippen molar-refractivity contribution in [2.75, 3.05) is 31.5 Å². The van der Waals surface area contributed by atoms with Gasteiger partial charge in [0.15, 0.2) is 0 Å². The first-order valence-corrected chi connectivity index (χ1v) is 7.66. The lowest BCUT2D eigenvalue weighted by Crippen LogP contribution is -2.36. The van der Waals surface area contributed by atoms with Crippen LogP contribution in [-0.4, -0.2) is 37.0 Å². The molecule has 0 aromatic heterocycles. The maximum Gasteiger partial charge on any atom is 0.225 e. The van der Waals surface area contributed by atoms with Gasteiger partial charge in [0.1, 0.15) is 5.82 Å². The minimum atomic E-state index is -0.395. The molecule has 1 saturated heterocycles. The second kappa shape index (κ2) is 8.10. The molecule has 0 atom stereocenters. The quantitative estimate of drug-likeness (QED) is 0.845. The lowest BCUT2D eigenvalue weighted by Gasteiger charge is -2.31. The molecule has 0 radical (unpaired) electrons. The SMILES string of the molecule is NCCC1CCN(CCC(=O)Nc2ccccc2F)CC1. The number of amides is 1.